The lowest BCUT2D eigenvalue weighted by molar-refractivity contribution is 0.102. The number of ketones is 1. The molecule has 0 saturated carbocycles. The minimum absolute atomic E-state index is 0.0151. The normalized spacial score (nSPS) is 11.2. The molecule has 4 aromatic rings. The Hall–Kier alpha value is -2.77. The Labute approximate surface area is 157 Å². The van der Waals surface area contributed by atoms with Crippen LogP contribution >= 0.6 is 23.2 Å². The summed E-state index contributed by atoms with van der Waals surface area (Å²) in [6.07, 6.45) is 0. The fraction of sp³-hybridized carbons (Fsp3) is 0.118. The smallest absolute Gasteiger partial charge is 0.245 e. The van der Waals surface area contributed by atoms with Crippen LogP contribution in [-0.2, 0) is 6.54 Å². The monoisotopic (exact) mass is 386 g/mol. The van der Waals surface area contributed by atoms with Gasteiger partial charge in [-0.3, -0.25) is 9.48 Å². The van der Waals surface area contributed by atoms with Crippen molar-refractivity contribution in [1.29, 1.82) is 0 Å². The maximum Gasteiger partial charge on any atom is 0.245 e. The number of aromatic nitrogens is 6. The van der Waals surface area contributed by atoms with Crippen LogP contribution in [0.4, 0.5) is 0 Å². The van der Waals surface area contributed by atoms with E-state index in [9.17, 15) is 4.79 Å². The number of aryl methyl sites for hydroxylation is 1. The van der Waals surface area contributed by atoms with E-state index in [0.29, 0.717) is 22.2 Å². The molecule has 9 heteroatoms. The maximum atomic E-state index is 12.5. The van der Waals surface area contributed by atoms with Crippen LogP contribution in [0.25, 0.3) is 10.9 Å². The van der Waals surface area contributed by atoms with Crippen molar-refractivity contribution in [2.75, 3.05) is 0 Å². The Morgan fingerprint density at radius 2 is 1.96 bits per heavy atom. The average molecular weight is 387 g/mol. The van der Waals surface area contributed by atoms with E-state index in [4.69, 9.17) is 23.2 Å². The Balaban J connectivity index is 1.80. The third-order valence-corrected chi connectivity index (χ3v) is 4.82. The number of carbonyl (C=O) groups excluding carboxylic acids is 1. The number of aromatic amines is 1. The summed E-state index contributed by atoms with van der Waals surface area (Å²) in [7, 11) is 0. The summed E-state index contributed by atoms with van der Waals surface area (Å²) in [4.78, 5) is 12.5. The highest BCUT2D eigenvalue weighted by Crippen LogP contribution is 2.27. The second-order valence-corrected chi connectivity index (χ2v) is 6.55. The topological polar surface area (TPSA) is 89.4 Å². The van der Waals surface area contributed by atoms with Gasteiger partial charge in [0.2, 0.25) is 11.6 Å². The van der Waals surface area contributed by atoms with Crippen LogP contribution in [0.5, 0.6) is 0 Å². The molecule has 0 aliphatic heterocycles. The highest BCUT2D eigenvalue weighted by Gasteiger charge is 2.17. The zero-order valence-electron chi connectivity index (χ0n) is 13.6. The Morgan fingerprint density at radius 1 is 1.19 bits per heavy atom. The van der Waals surface area contributed by atoms with Gasteiger partial charge in [-0.05, 0) is 30.3 Å². The summed E-state index contributed by atoms with van der Waals surface area (Å²) in [6, 6.07) is 10.7. The largest absolute Gasteiger partial charge is 0.285 e. The quantitative estimate of drug-likeness (QED) is 0.542. The minimum Gasteiger partial charge on any atom is -0.285 e. The van der Waals surface area contributed by atoms with E-state index in [1.165, 1.54) is 0 Å². The van der Waals surface area contributed by atoms with Crippen LogP contribution in [0.15, 0.2) is 36.4 Å². The van der Waals surface area contributed by atoms with Gasteiger partial charge in [-0.25, -0.2) is 0 Å². The zero-order chi connectivity index (χ0) is 18.3. The van der Waals surface area contributed by atoms with Crippen molar-refractivity contribution in [3.8, 4) is 0 Å². The maximum absolute atomic E-state index is 12.5. The molecule has 1 N–H and O–H groups in total. The van der Waals surface area contributed by atoms with Gasteiger partial charge >= 0.3 is 0 Å². The van der Waals surface area contributed by atoms with Crippen molar-refractivity contribution in [3.63, 3.8) is 0 Å². The second-order valence-electron chi connectivity index (χ2n) is 5.74. The third-order valence-electron chi connectivity index (χ3n) is 4.12. The number of benzene rings is 2. The zero-order valence-corrected chi connectivity index (χ0v) is 15.1. The fourth-order valence-corrected chi connectivity index (χ4v) is 3.34. The standard InChI is InChI=1S/C17H12Cl2N6O/c1-9-11-6-5-10(16(26)17-20-23-24-21-17)7-15(11)25(22-9)8-12-13(18)3-2-4-14(12)19/h2-7H,8H2,1H3,(H,20,21,23,24). The van der Waals surface area contributed by atoms with Crippen LogP contribution in [0.1, 0.15) is 27.4 Å². The molecule has 26 heavy (non-hydrogen) atoms. The minimum atomic E-state index is -0.318. The highest BCUT2D eigenvalue weighted by molar-refractivity contribution is 6.36. The number of rotatable bonds is 4. The first-order valence-corrected chi connectivity index (χ1v) is 8.48. The lowest BCUT2D eigenvalue weighted by Crippen LogP contribution is -2.06. The summed E-state index contributed by atoms with van der Waals surface area (Å²) in [5.74, 6) is -0.303. The molecule has 2 heterocycles. The first kappa shape index (κ1) is 16.7. The average Bonchev–Trinajstić information content (AvgIpc) is 3.26. The van der Waals surface area contributed by atoms with E-state index >= 15 is 0 Å². The van der Waals surface area contributed by atoms with Crippen molar-refractivity contribution in [2.24, 2.45) is 0 Å². The van der Waals surface area contributed by atoms with Gasteiger partial charge in [0.1, 0.15) is 0 Å². The molecule has 0 spiro atoms. The molecule has 0 radical (unpaired) electrons. The van der Waals surface area contributed by atoms with Gasteiger partial charge in [-0.15, -0.1) is 10.2 Å². The number of tetrazole rings is 1. The van der Waals surface area contributed by atoms with Crippen LogP contribution in [0.3, 0.4) is 0 Å². The van der Waals surface area contributed by atoms with Crippen LogP contribution < -0.4 is 0 Å². The van der Waals surface area contributed by atoms with Crippen molar-refractivity contribution in [1.82, 2.24) is 30.4 Å². The Bertz CT molecular complexity index is 1100. The molecule has 0 unspecified atom stereocenters. The van der Waals surface area contributed by atoms with E-state index in [1.807, 2.05) is 13.0 Å². The number of nitrogens with one attached hydrogen (secondary N) is 1. The van der Waals surface area contributed by atoms with Crippen molar-refractivity contribution in [2.45, 2.75) is 13.5 Å². The molecular formula is C17H12Cl2N6O. The first-order valence-electron chi connectivity index (χ1n) is 7.73. The summed E-state index contributed by atoms with van der Waals surface area (Å²) in [5.41, 5.74) is 2.87. The number of H-pyrrole nitrogens is 1. The van der Waals surface area contributed by atoms with Crippen LogP contribution in [0.2, 0.25) is 10.0 Å². The number of hydrogen-bond donors (Lipinski definition) is 1. The van der Waals surface area contributed by atoms with E-state index in [2.05, 4.69) is 25.7 Å². The Morgan fingerprint density at radius 3 is 2.65 bits per heavy atom. The molecule has 0 saturated heterocycles. The fourth-order valence-electron chi connectivity index (χ4n) is 2.82. The second kappa shape index (κ2) is 6.51. The predicted molar refractivity (Wildman–Crippen MR) is 97.6 cm³/mol. The molecule has 0 aliphatic carbocycles. The number of halogens is 2. The van der Waals surface area contributed by atoms with E-state index in [-0.39, 0.29) is 11.6 Å². The Kier molecular flexibility index (Phi) is 4.18. The third kappa shape index (κ3) is 2.85. The molecule has 2 aromatic heterocycles. The van der Waals surface area contributed by atoms with Gasteiger partial charge in [0.15, 0.2) is 0 Å². The molecule has 0 fully saturated rings. The van der Waals surface area contributed by atoms with Gasteiger partial charge in [-0.1, -0.05) is 41.4 Å². The SMILES string of the molecule is Cc1nn(Cc2c(Cl)cccc2Cl)c2cc(C(=O)c3nn[nH]n3)ccc12. The molecule has 0 bridgehead atoms. The predicted octanol–water partition coefficient (Wildman–Crippen LogP) is 3.44. The van der Waals surface area contributed by atoms with Gasteiger partial charge in [0.05, 0.1) is 17.8 Å². The van der Waals surface area contributed by atoms with Crippen LogP contribution in [-0.4, -0.2) is 36.2 Å². The number of fused-ring (bicyclic) bond motifs is 1. The number of nitrogens with zero attached hydrogens (tertiary/aromatic N) is 5. The van der Waals surface area contributed by atoms with E-state index in [1.54, 1.807) is 35.0 Å². The lowest BCUT2D eigenvalue weighted by atomic mass is 10.1. The molecule has 4 rings (SSSR count). The highest BCUT2D eigenvalue weighted by atomic mass is 35.5. The van der Waals surface area contributed by atoms with Gasteiger partial charge in [0.25, 0.3) is 0 Å². The summed E-state index contributed by atoms with van der Waals surface area (Å²) >= 11 is 12.6. The number of hydrogen-bond acceptors (Lipinski definition) is 5. The molecule has 0 aliphatic rings. The van der Waals surface area contributed by atoms with Crippen molar-refractivity contribution >= 4 is 39.9 Å². The molecule has 0 atom stereocenters. The molecule has 2 aromatic carbocycles. The van der Waals surface area contributed by atoms with E-state index < -0.39 is 0 Å². The van der Waals surface area contributed by atoms with Crippen molar-refractivity contribution in [3.05, 3.63) is 69.1 Å². The summed E-state index contributed by atoms with van der Waals surface area (Å²) in [5, 5.41) is 19.8. The molecule has 0 amide bonds. The molecular weight excluding hydrogens is 375 g/mol. The van der Waals surface area contributed by atoms with Crippen molar-refractivity contribution < 1.29 is 4.79 Å². The van der Waals surface area contributed by atoms with Gasteiger partial charge in [-0.2, -0.15) is 10.3 Å². The number of carbonyl (C=O) groups is 1. The van der Waals surface area contributed by atoms with Gasteiger partial charge in [0, 0.05) is 26.6 Å². The lowest BCUT2D eigenvalue weighted by Gasteiger charge is -2.08. The van der Waals surface area contributed by atoms with Crippen LogP contribution in [0, 0.1) is 6.92 Å². The first-order chi connectivity index (χ1) is 12.5. The van der Waals surface area contributed by atoms with Gasteiger partial charge < -0.3 is 0 Å². The van der Waals surface area contributed by atoms with E-state index in [0.717, 1.165) is 22.2 Å². The molecule has 130 valence electrons. The molecule has 7 nitrogen and oxygen atoms in total. The summed E-state index contributed by atoms with van der Waals surface area (Å²) in [6.45, 7) is 2.30. The summed E-state index contributed by atoms with van der Waals surface area (Å²) < 4.78 is 1.78.